The van der Waals surface area contributed by atoms with E-state index in [2.05, 4.69) is 27.3 Å². The molecule has 0 radical (unpaired) electrons. The number of hydrogen-bond donors (Lipinski definition) is 0. The summed E-state index contributed by atoms with van der Waals surface area (Å²) in [5.41, 5.74) is 5.54. The van der Waals surface area contributed by atoms with Gasteiger partial charge >= 0.3 is 0 Å². The van der Waals surface area contributed by atoms with Crippen molar-refractivity contribution in [2.75, 3.05) is 0 Å². The van der Waals surface area contributed by atoms with Crippen molar-refractivity contribution in [1.82, 2.24) is 19.7 Å². The van der Waals surface area contributed by atoms with E-state index in [0.29, 0.717) is 10.6 Å². The molecule has 0 saturated carbocycles. The summed E-state index contributed by atoms with van der Waals surface area (Å²) in [5, 5.41) is 18.3. The third-order valence-electron chi connectivity index (χ3n) is 4.52. The number of rotatable bonds is 1. The van der Waals surface area contributed by atoms with Gasteiger partial charge < -0.3 is 0 Å². The molecule has 1 aliphatic heterocycles. The van der Waals surface area contributed by atoms with Crippen LogP contribution in [-0.2, 0) is 12.8 Å². The quantitative estimate of drug-likeness (QED) is 0.681. The van der Waals surface area contributed by atoms with E-state index < -0.39 is 0 Å². The number of nitriles is 1. The van der Waals surface area contributed by atoms with Crippen molar-refractivity contribution in [3.8, 4) is 22.9 Å². The van der Waals surface area contributed by atoms with Crippen LogP contribution in [0.1, 0.15) is 28.3 Å². The topological polar surface area (TPSA) is 67.4 Å². The highest BCUT2D eigenvalue weighted by Gasteiger charge is 2.23. The Morgan fingerprint density at radius 1 is 1.17 bits per heavy atom. The molecule has 0 unspecified atom stereocenters. The van der Waals surface area contributed by atoms with E-state index >= 15 is 0 Å². The monoisotopic (exact) mass is 335 g/mol. The molecule has 0 saturated heterocycles. The highest BCUT2D eigenvalue weighted by Crippen LogP contribution is 2.36. The fourth-order valence-electron chi connectivity index (χ4n) is 3.29. The normalized spacial score (nSPS) is 12.4. The van der Waals surface area contributed by atoms with Crippen LogP contribution in [0.3, 0.4) is 0 Å². The SMILES string of the molecule is Cc1c(C#N)cncc1-c1cc(Cl)c2c(c1)CCc1nnc(C)n1-2. The van der Waals surface area contributed by atoms with Gasteiger partial charge in [0.1, 0.15) is 17.7 Å². The van der Waals surface area contributed by atoms with Crippen LogP contribution in [-0.4, -0.2) is 19.7 Å². The predicted molar refractivity (Wildman–Crippen MR) is 91.2 cm³/mol. The molecule has 0 aliphatic carbocycles. The molecule has 0 N–H and O–H groups in total. The molecule has 4 rings (SSSR count). The summed E-state index contributed by atoms with van der Waals surface area (Å²) in [6.45, 7) is 3.87. The van der Waals surface area contributed by atoms with Crippen LogP contribution < -0.4 is 0 Å². The maximum atomic E-state index is 9.22. The van der Waals surface area contributed by atoms with Crippen molar-refractivity contribution < 1.29 is 0 Å². The smallest absolute Gasteiger partial charge is 0.137 e. The molecule has 2 aromatic heterocycles. The van der Waals surface area contributed by atoms with Crippen molar-refractivity contribution in [3.63, 3.8) is 0 Å². The van der Waals surface area contributed by atoms with Crippen LogP contribution >= 0.6 is 11.6 Å². The Bertz CT molecular complexity index is 1010. The van der Waals surface area contributed by atoms with Crippen LogP contribution in [0, 0.1) is 25.2 Å². The number of benzene rings is 1. The van der Waals surface area contributed by atoms with Gasteiger partial charge in [0.25, 0.3) is 0 Å². The zero-order chi connectivity index (χ0) is 16.8. The van der Waals surface area contributed by atoms with Crippen molar-refractivity contribution in [2.45, 2.75) is 26.7 Å². The fourth-order valence-corrected chi connectivity index (χ4v) is 3.61. The minimum Gasteiger partial charge on any atom is -0.281 e. The first-order valence-corrected chi connectivity index (χ1v) is 8.06. The minimum atomic E-state index is 0.582. The van der Waals surface area contributed by atoms with Crippen LogP contribution in [0.25, 0.3) is 16.8 Å². The zero-order valence-corrected chi connectivity index (χ0v) is 14.1. The summed E-state index contributed by atoms with van der Waals surface area (Å²) in [7, 11) is 0. The predicted octanol–water partition coefficient (Wildman–Crippen LogP) is 3.57. The summed E-state index contributed by atoms with van der Waals surface area (Å²) in [6, 6.07) is 6.25. The summed E-state index contributed by atoms with van der Waals surface area (Å²) < 4.78 is 2.03. The lowest BCUT2D eigenvalue weighted by molar-refractivity contribution is 0.767. The Kier molecular flexibility index (Phi) is 3.36. The van der Waals surface area contributed by atoms with Crippen LogP contribution in [0.4, 0.5) is 0 Å². The third-order valence-corrected chi connectivity index (χ3v) is 4.81. The first kappa shape index (κ1) is 14.9. The zero-order valence-electron chi connectivity index (χ0n) is 13.3. The maximum absolute atomic E-state index is 9.22. The fraction of sp³-hybridized carbons (Fsp3) is 0.222. The highest BCUT2D eigenvalue weighted by atomic mass is 35.5. The van der Waals surface area contributed by atoms with Crippen LogP contribution in [0.2, 0.25) is 5.02 Å². The van der Waals surface area contributed by atoms with Gasteiger partial charge in [0.2, 0.25) is 0 Å². The Morgan fingerprint density at radius 2 is 2.00 bits per heavy atom. The second-order valence-electron chi connectivity index (χ2n) is 5.94. The summed E-state index contributed by atoms with van der Waals surface area (Å²) in [4.78, 5) is 4.19. The van der Waals surface area contributed by atoms with Gasteiger partial charge in [0.15, 0.2) is 0 Å². The molecule has 0 spiro atoms. The van der Waals surface area contributed by atoms with Gasteiger partial charge in [-0.2, -0.15) is 5.26 Å². The van der Waals surface area contributed by atoms with Gasteiger partial charge in [0, 0.05) is 24.4 Å². The van der Waals surface area contributed by atoms with E-state index in [1.54, 1.807) is 12.4 Å². The molecule has 0 fully saturated rings. The Balaban J connectivity index is 1.93. The Labute approximate surface area is 144 Å². The largest absolute Gasteiger partial charge is 0.281 e. The molecular weight excluding hydrogens is 322 g/mol. The van der Waals surface area contributed by atoms with Gasteiger partial charge in [-0.25, -0.2) is 0 Å². The van der Waals surface area contributed by atoms with Crippen molar-refractivity contribution in [2.24, 2.45) is 0 Å². The van der Waals surface area contributed by atoms with E-state index in [9.17, 15) is 5.26 Å². The van der Waals surface area contributed by atoms with E-state index in [0.717, 1.165) is 52.4 Å². The molecule has 0 amide bonds. The van der Waals surface area contributed by atoms with E-state index in [-0.39, 0.29) is 0 Å². The summed E-state index contributed by atoms with van der Waals surface area (Å²) >= 11 is 6.62. The molecule has 5 nitrogen and oxygen atoms in total. The lowest BCUT2D eigenvalue weighted by Gasteiger charge is -2.21. The molecule has 3 aromatic rings. The number of fused-ring (bicyclic) bond motifs is 3. The summed E-state index contributed by atoms with van der Waals surface area (Å²) in [5.74, 6) is 1.78. The number of pyridine rings is 1. The molecular formula is C18H14ClN5. The highest BCUT2D eigenvalue weighted by molar-refractivity contribution is 6.33. The molecule has 6 heteroatoms. The third kappa shape index (κ3) is 2.11. The van der Waals surface area contributed by atoms with Gasteiger partial charge in [0.05, 0.1) is 16.3 Å². The van der Waals surface area contributed by atoms with E-state index in [1.807, 2.05) is 24.5 Å². The van der Waals surface area contributed by atoms with E-state index in [4.69, 9.17) is 11.6 Å². The van der Waals surface area contributed by atoms with Crippen LogP contribution in [0.5, 0.6) is 0 Å². The van der Waals surface area contributed by atoms with Crippen molar-refractivity contribution >= 4 is 11.6 Å². The molecule has 118 valence electrons. The molecule has 1 aromatic carbocycles. The van der Waals surface area contributed by atoms with Crippen molar-refractivity contribution in [1.29, 1.82) is 5.26 Å². The number of hydrogen-bond acceptors (Lipinski definition) is 4. The number of nitrogens with zero attached hydrogens (tertiary/aromatic N) is 5. The standard InChI is InChI=1S/C18H14ClN5/c1-10-14(7-20)8-21-9-15(10)13-5-12-3-4-17-23-22-11(2)24(17)18(12)16(19)6-13/h5-6,8-9H,3-4H2,1-2H3. The lowest BCUT2D eigenvalue weighted by atomic mass is 9.94. The van der Waals surface area contributed by atoms with Crippen LogP contribution in [0.15, 0.2) is 24.5 Å². The van der Waals surface area contributed by atoms with Crippen molar-refractivity contribution in [3.05, 3.63) is 57.9 Å². The molecule has 24 heavy (non-hydrogen) atoms. The maximum Gasteiger partial charge on any atom is 0.137 e. The van der Waals surface area contributed by atoms with E-state index in [1.165, 1.54) is 0 Å². The average Bonchev–Trinajstić information content (AvgIpc) is 2.96. The first-order chi connectivity index (χ1) is 11.6. The second kappa shape index (κ2) is 5.43. The Hall–Kier alpha value is -2.71. The number of halogens is 1. The Morgan fingerprint density at radius 3 is 2.79 bits per heavy atom. The summed E-state index contributed by atoms with van der Waals surface area (Å²) in [6.07, 6.45) is 5.08. The molecule has 0 bridgehead atoms. The lowest BCUT2D eigenvalue weighted by Crippen LogP contribution is -2.14. The van der Waals surface area contributed by atoms with Gasteiger partial charge in [-0.1, -0.05) is 11.6 Å². The van der Waals surface area contributed by atoms with Gasteiger partial charge in [-0.15, -0.1) is 10.2 Å². The molecule has 3 heterocycles. The number of aryl methyl sites for hydroxylation is 3. The first-order valence-electron chi connectivity index (χ1n) is 7.69. The second-order valence-corrected chi connectivity index (χ2v) is 6.34. The minimum absolute atomic E-state index is 0.582. The average molecular weight is 336 g/mol. The van der Waals surface area contributed by atoms with Gasteiger partial charge in [-0.05, 0) is 49.1 Å². The molecule has 1 aliphatic rings. The van der Waals surface area contributed by atoms with Gasteiger partial charge in [-0.3, -0.25) is 9.55 Å². The molecule has 0 atom stereocenters. The number of aromatic nitrogens is 4.